The van der Waals surface area contributed by atoms with Crippen LogP contribution in [0.5, 0.6) is 0 Å². The molecule has 16 heteroatoms. The van der Waals surface area contributed by atoms with Crippen LogP contribution in [0.3, 0.4) is 0 Å². The summed E-state index contributed by atoms with van der Waals surface area (Å²) in [5, 5.41) is 0.520. The summed E-state index contributed by atoms with van der Waals surface area (Å²) in [7, 11) is -9.15. The molecule has 1 aromatic heterocycles. The van der Waals surface area contributed by atoms with Gasteiger partial charge < -0.3 is 10.6 Å². The lowest BCUT2D eigenvalue weighted by atomic mass is 10.0. The Labute approximate surface area is 168 Å². The fraction of sp³-hybridized carbons (Fsp3) is 0.455. The van der Waals surface area contributed by atoms with E-state index in [0.29, 0.717) is 5.06 Å². The highest BCUT2D eigenvalue weighted by Gasteiger charge is 2.48. The van der Waals surface area contributed by atoms with Gasteiger partial charge in [0.15, 0.2) is 0 Å². The zero-order valence-corrected chi connectivity index (χ0v) is 17.1. The molecular weight excluding hydrogens is 467 g/mol. The molecule has 2 bridgehead atoms. The van der Waals surface area contributed by atoms with Crippen LogP contribution < -0.4 is 5.73 Å². The summed E-state index contributed by atoms with van der Waals surface area (Å²) in [4.78, 5) is 13.1. The summed E-state index contributed by atoms with van der Waals surface area (Å²) in [5.74, 6) is -0.367. The Morgan fingerprint density at radius 3 is 2.56 bits per heavy atom. The van der Waals surface area contributed by atoms with Crippen molar-refractivity contribution in [3.05, 3.63) is 14.7 Å². The number of fused-ring (bicyclic) bond motifs is 2. The number of nitrogens with two attached hydrogens (primary N) is 1. The van der Waals surface area contributed by atoms with Crippen LogP contribution in [0, 0.1) is 0 Å². The van der Waals surface area contributed by atoms with Gasteiger partial charge in [-0.05, 0) is 18.9 Å². The molecule has 2 fully saturated rings. The van der Waals surface area contributed by atoms with Crippen molar-refractivity contribution in [3.63, 3.8) is 0 Å². The van der Waals surface area contributed by atoms with Crippen molar-refractivity contribution >= 4 is 66.8 Å². The Morgan fingerprint density at radius 1 is 1.33 bits per heavy atom. The van der Waals surface area contributed by atoms with Crippen LogP contribution in [0.25, 0.3) is 0 Å². The third-order valence-corrected chi connectivity index (χ3v) is 7.37. The van der Waals surface area contributed by atoms with Gasteiger partial charge in [0.1, 0.15) is 15.1 Å². The quantitative estimate of drug-likeness (QED) is 0.361. The van der Waals surface area contributed by atoms with E-state index in [1.807, 2.05) is 0 Å². The van der Waals surface area contributed by atoms with E-state index in [2.05, 4.69) is 8.68 Å². The molecule has 2 atom stereocenters. The lowest BCUT2D eigenvalue weighted by Gasteiger charge is -2.29. The molecule has 27 heavy (non-hydrogen) atoms. The Bertz CT molecular complexity index is 1020. The average molecular weight is 479 g/mol. The normalized spacial score (nSPS) is 24.0. The summed E-state index contributed by atoms with van der Waals surface area (Å²) in [6.07, 6.45) is 0.467. The molecule has 0 aliphatic carbocycles. The van der Waals surface area contributed by atoms with Gasteiger partial charge in [-0.25, -0.2) is 4.79 Å². The number of sulfonamides is 1. The fourth-order valence-electron chi connectivity index (χ4n) is 2.89. The van der Waals surface area contributed by atoms with Crippen molar-refractivity contribution < 1.29 is 30.5 Å². The predicted octanol–water partition coefficient (Wildman–Crippen LogP) is 1.10. The molecule has 2 saturated heterocycles. The minimum atomic E-state index is -4.89. The molecule has 1 unspecified atom stereocenters. The maximum atomic E-state index is 12.4. The third-order valence-electron chi connectivity index (χ3n) is 3.97. The highest BCUT2D eigenvalue weighted by atomic mass is 35.5. The van der Waals surface area contributed by atoms with Gasteiger partial charge in [0, 0.05) is 6.54 Å². The molecule has 0 saturated carbocycles. The molecule has 2 aliphatic heterocycles. The Kier molecular flexibility index (Phi) is 5.35. The highest BCUT2D eigenvalue weighted by Crippen LogP contribution is 2.36. The number of hydrogen-bond acceptors (Lipinski definition) is 7. The predicted molar refractivity (Wildman–Crippen MR) is 96.5 cm³/mol. The molecule has 3 N–H and O–H groups in total. The second-order valence-corrected chi connectivity index (χ2v) is 10.6. The smallest absolute Gasteiger partial charge is 0.385 e. The topological polar surface area (TPSA) is 160 Å². The maximum Gasteiger partial charge on any atom is 0.418 e. The summed E-state index contributed by atoms with van der Waals surface area (Å²) < 4.78 is 63.3. The number of carbonyl (C=O) groups is 1. The van der Waals surface area contributed by atoms with Crippen molar-refractivity contribution in [2.24, 2.45) is 10.1 Å². The number of amidine groups is 1. The summed E-state index contributed by atoms with van der Waals surface area (Å²) in [6, 6.07) is -1.27. The Balaban J connectivity index is 1.86. The van der Waals surface area contributed by atoms with Gasteiger partial charge in [-0.2, -0.15) is 21.9 Å². The molecule has 11 nitrogen and oxygen atoms in total. The first-order valence-electron chi connectivity index (χ1n) is 7.21. The summed E-state index contributed by atoms with van der Waals surface area (Å²) in [6.45, 7) is 0.0281. The van der Waals surface area contributed by atoms with Gasteiger partial charge in [0.25, 0.3) is 10.0 Å². The van der Waals surface area contributed by atoms with E-state index in [4.69, 9.17) is 33.5 Å². The van der Waals surface area contributed by atoms with Gasteiger partial charge in [-0.3, -0.25) is 4.55 Å². The number of thiophene rings is 1. The number of urea groups is 1. The number of piperidine rings is 1. The molecule has 1 aromatic rings. The summed E-state index contributed by atoms with van der Waals surface area (Å²) in [5.41, 5.74) is 5.83. The Morgan fingerprint density at radius 2 is 2.00 bits per heavy atom. The Hall–Kier alpha value is -1.16. The van der Waals surface area contributed by atoms with Gasteiger partial charge >= 0.3 is 16.4 Å². The number of carbonyl (C=O) groups excluding carboxylic acids is 1. The van der Waals surface area contributed by atoms with Crippen molar-refractivity contribution in [1.29, 1.82) is 0 Å². The molecule has 0 spiro atoms. The van der Waals surface area contributed by atoms with Gasteiger partial charge in [0.05, 0.1) is 16.4 Å². The minimum Gasteiger partial charge on any atom is -0.385 e. The van der Waals surface area contributed by atoms with Gasteiger partial charge in [-0.15, -0.1) is 20.0 Å². The van der Waals surface area contributed by atoms with E-state index < -0.39 is 38.5 Å². The van der Waals surface area contributed by atoms with Crippen LogP contribution in [-0.4, -0.2) is 61.8 Å². The van der Waals surface area contributed by atoms with Crippen molar-refractivity contribution in [2.45, 2.75) is 29.8 Å². The molecule has 2 amide bonds. The van der Waals surface area contributed by atoms with E-state index in [9.17, 15) is 21.6 Å². The second kappa shape index (κ2) is 7.02. The van der Waals surface area contributed by atoms with E-state index in [0.717, 1.165) is 22.3 Å². The first-order valence-corrected chi connectivity index (χ1v) is 11.6. The summed E-state index contributed by atoms with van der Waals surface area (Å²) >= 11 is 12.4. The standard InChI is InChI=1S/C11H12Cl2N4O7S3/c12-8-3-7(9(13)25-8)26(19,20)15-10(14)6-2-1-5-4-16(6)11(18)17(5)24-27(21,22)23/h3,5-6H,1-2,4H2,(H2,14,15)(H,21,22,23)/t5-,6?/m1/s1. The largest absolute Gasteiger partial charge is 0.418 e. The molecule has 2 aliphatic rings. The zero-order valence-electron chi connectivity index (χ0n) is 13.1. The maximum absolute atomic E-state index is 12.4. The van der Waals surface area contributed by atoms with Crippen LogP contribution in [-0.2, 0) is 24.7 Å². The van der Waals surface area contributed by atoms with Gasteiger partial charge in [-0.1, -0.05) is 23.2 Å². The van der Waals surface area contributed by atoms with Crippen molar-refractivity contribution in [1.82, 2.24) is 9.96 Å². The number of rotatable bonds is 5. The zero-order chi connectivity index (χ0) is 20.1. The lowest BCUT2D eigenvalue weighted by Crippen LogP contribution is -2.48. The first-order chi connectivity index (χ1) is 12.4. The highest BCUT2D eigenvalue weighted by molar-refractivity contribution is 7.90. The van der Waals surface area contributed by atoms with Crippen molar-refractivity contribution in [2.75, 3.05) is 6.54 Å². The minimum absolute atomic E-state index is 0.0281. The number of hydroxylamine groups is 2. The fourth-order valence-corrected chi connectivity index (χ4v) is 6.39. The number of hydrogen-bond donors (Lipinski definition) is 2. The van der Waals surface area contributed by atoms with Crippen LogP contribution in [0.15, 0.2) is 15.4 Å². The number of halogens is 2. The molecule has 0 radical (unpaired) electrons. The number of amides is 2. The van der Waals surface area contributed by atoms with Crippen LogP contribution in [0.2, 0.25) is 8.67 Å². The van der Waals surface area contributed by atoms with E-state index in [-0.39, 0.29) is 38.8 Å². The molecule has 3 heterocycles. The first kappa shape index (κ1) is 20.6. The van der Waals surface area contributed by atoms with E-state index in [1.54, 1.807) is 0 Å². The molecule has 3 rings (SSSR count). The lowest BCUT2D eigenvalue weighted by molar-refractivity contribution is -0.0316. The van der Waals surface area contributed by atoms with Gasteiger partial charge in [0.2, 0.25) is 0 Å². The van der Waals surface area contributed by atoms with Crippen LogP contribution in [0.4, 0.5) is 4.79 Å². The SMILES string of the molecule is N/C(=N\S(=O)(=O)c1cc(Cl)sc1Cl)C1CC[C@@H]2CN1C(=O)N2OS(=O)(=O)O. The van der Waals surface area contributed by atoms with Crippen LogP contribution >= 0.6 is 34.5 Å². The molecule has 0 aromatic carbocycles. The molecule has 150 valence electrons. The molecular formula is C11H12Cl2N4O7S3. The van der Waals surface area contributed by atoms with Crippen LogP contribution in [0.1, 0.15) is 12.8 Å². The van der Waals surface area contributed by atoms with Crippen molar-refractivity contribution in [3.8, 4) is 0 Å². The monoisotopic (exact) mass is 478 g/mol. The van der Waals surface area contributed by atoms with E-state index >= 15 is 0 Å². The number of nitrogens with zero attached hydrogens (tertiary/aromatic N) is 3. The third kappa shape index (κ3) is 4.16. The van der Waals surface area contributed by atoms with E-state index in [1.165, 1.54) is 0 Å². The second-order valence-electron chi connectivity index (χ2n) is 5.69. The average Bonchev–Trinajstić information content (AvgIpc) is 2.98.